The van der Waals surface area contributed by atoms with E-state index >= 15 is 0 Å². The average molecular weight is 562 g/mol. The Balaban J connectivity index is 1.29. The third-order valence-electron chi connectivity index (χ3n) is 8.78. The lowest BCUT2D eigenvalue weighted by molar-refractivity contribution is 1.17. The molecule has 0 N–H and O–H groups in total. The molecule has 9 rings (SSSR count). The Morgan fingerprint density at radius 2 is 0.909 bits per heavy atom. The molecule has 0 aliphatic carbocycles. The van der Waals surface area contributed by atoms with Crippen molar-refractivity contribution in [3.05, 3.63) is 164 Å². The second-order valence-electron chi connectivity index (χ2n) is 11.2. The van der Waals surface area contributed by atoms with Crippen LogP contribution in [-0.4, -0.2) is 14.1 Å². The summed E-state index contributed by atoms with van der Waals surface area (Å²) in [6.07, 6.45) is 1.94. The zero-order valence-electron chi connectivity index (χ0n) is 23.9. The molecular formula is C41H27N3. The summed E-state index contributed by atoms with van der Waals surface area (Å²) in [5, 5.41) is 4.84. The molecule has 206 valence electrons. The molecule has 44 heavy (non-hydrogen) atoms. The summed E-state index contributed by atoms with van der Waals surface area (Å²) in [4.78, 5) is 5.02. The molecule has 0 bridgehead atoms. The Hall–Kier alpha value is -5.93. The molecule has 3 nitrogen and oxygen atoms in total. The van der Waals surface area contributed by atoms with Gasteiger partial charge in [-0.15, -0.1) is 0 Å². The summed E-state index contributed by atoms with van der Waals surface area (Å²) in [5.74, 6) is 0. The van der Waals surface area contributed by atoms with Gasteiger partial charge in [0.05, 0.1) is 27.8 Å². The van der Waals surface area contributed by atoms with Crippen molar-refractivity contribution >= 4 is 43.6 Å². The number of aromatic nitrogens is 3. The van der Waals surface area contributed by atoms with E-state index in [0.29, 0.717) is 0 Å². The molecule has 9 aromatic rings. The van der Waals surface area contributed by atoms with Crippen LogP contribution in [0.2, 0.25) is 0 Å². The fourth-order valence-electron chi connectivity index (χ4n) is 6.82. The predicted octanol–water partition coefficient (Wildman–Crippen LogP) is 10.6. The van der Waals surface area contributed by atoms with Gasteiger partial charge in [0, 0.05) is 44.7 Å². The lowest BCUT2D eigenvalue weighted by atomic mass is 10.0. The molecule has 0 unspecified atom stereocenters. The van der Waals surface area contributed by atoms with E-state index in [4.69, 9.17) is 4.98 Å². The van der Waals surface area contributed by atoms with E-state index < -0.39 is 0 Å². The van der Waals surface area contributed by atoms with E-state index in [-0.39, 0.29) is 0 Å². The zero-order valence-corrected chi connectivity index (χ0v) is 23.9. The highest BCUT2D eigenvalue weighted by Gasteiger charge is 2.19. The summed E-state index contributed by atoms with van der Waals surface area (Å²) < 4.78 is 4.73. The Kier molecular flexibility index (Phi) is 5.50. The van der Waals surface area contributed by atoms with Crippen LogP contribution in [0.15, 0.2) is 164 Å². The first kappa shape index (κ1) is 24.6. The minimum absolute atomic E-state index is 0.992. The maximum Gasteiger partial charge on any atom is 0.0802 e. The number of rotatable bonds is 4. The van der Waals surface area contributed by atoms with Crippen LogP contribution in [0.1, 0.15) is 0 Å². The standard InChI is InChI=1S/C41H27N3/c1-3-11-28(12-4-1)29-19-22-32(23-20-29)44-36-17-9-7-15-33(36)34-24-21-30(27-39(34)44)41-40-35-16-8-10-18-37(35)43(38(40)25-26-42-41)31-13-5-2-6-14-31/h1-27H. The smallest absolute Gasteiger partial charge is 0.0802 e. The normalized spacial score (nSPS) is 11.6. The van der Waals surface area contributed by atoms with E-state index in [1.165, 1.54) is 49.2 Å². The number of nitrogens with zero attached hydrogens (tertiary/aromatic N) is 3. The lowest BCUT2D eigenvalue weighted by Crippen LogP contribution is -1.95. The lowest BCUT2D eigenvalue weighted by Gasteiger charge is -2.11. The number of pyridine rings is 1. The molecule has 0 radical (unpaired) electrons. The van der Waals surface area contributed by atoms with Crippen LogP contribution in [0.3, 0.4) is 0 Å². The van der Waals surface area contributed by atoms with Crippen molar-refractivity contribution in [3.8, 4) is 33.8 Å². The second-order valence-corrected chi connectivity index (χ2v) is 11.2. The van der Waals surface area contributed by atoms with Crippen LogP contribution in [0.4, 0.5) is 0 Å². The van der Waals surface area contributed by atoms with E-state index in [0.717, 1.165) is 28.1 Å². The largest absolute Gasteiger partial charge is 0.309 e. The van der Waals surface area contributed by atoms with Crippen molar-refractivity contribution in [1.29, 1.82) is 0 Å². The third-order valence-corrected chi connectivity index (χ3v) is 8.78. The Morgan fingerprint density at radius 1 is 0.364 bits per heavy atom. The maximum absolute atomic E-state index is 5.02. The topological polar surface area (TPSA) is 22.8 Å². The number of fused-ring (bicyclic) bond motifs is 6. The van der Waals surface area contributed by atoms with Crippen LogP contribution >= 0.6 is 0 Å². The molecule has 0 aliphatic heterocycles. The molecule has 3 heterocycles. The maximum atomic E-state index is 5.02. The van der Waals surface area contributed by atoms with E-state index in [9.17, 15) is 0 Å². The molecule has 0 atom stereocenters. The van der Waals surface area contributed by atoms with Crippen LogP contribution < -0.4 is 0 Å². The fourth-order valence-corrected chi connectivity index (χ4v) is 6.82. The second kappa shape index (κ2) is 9.82. The van der Waals surface area contributed by atoms with E-state index in [1.807, 2.05) is 6.20 Å². The minimum atomic E-state index is 0.992. The molecule has 3 heteroatoms. The number of hydrogen-bond acceptors (Lipinski definition) is 1. The van der Waals surface area contributed by atoms with Crippen LogP contribution in [0.5, 0.6) is 0 Å². The van der Waals surface area contributed by atoms with Gasteiger partial charge >= 0.3 is 0 Å². The first-order valence-electron chi connectivity index (χ1n) is 15.0. The highest BCUT2D eigenvalue weighted by Crippen LogP contribution is 2.40. The van der Waals surface area contributed by atoms with Crippen molar-refractivity contribution in [2.45, 2.75) is 0 Å². The van der Waals surface area contributed by atoms with Gasteiger partial charge in [-0.1, -0.05) is 109 Å². The Bertz CT molecular complexity index is 2470. The predicted molar refractivity (Wildman–Crippen MR) is 184 cm³/mol. The van der Waals surface area contributed by atoms with Crippen molar-refractivity contribution in [1.82, 2.24) is 14.1 Å². The Labute approximate surface area is 254 Å². The fraction of sp³-hybridized carbons (Fsp3) is 0. The molecule has 0 saturated carbocycles. The molecular weight excluding hydrogens is 534 g/mol. The third kappa shape index (κ3) is 3.73. The quantitative estimate of drug-likeness (QED) is 0.210. The molecule has 6 aromatic carbocycles. The summed E-state index contributed by atoms with van der Waals surface area (Å²) in [6.45, 7) is 0. The van der Waals surface area contributed by atoms with Gasteiger partial charge in [-0.05, 0) is 59.7 Å². The molecule has 0 saturated heterocycles. The molecule has 0 spiro atoms. The van der Waals surface area contributed by atoms with Crippen molar-refractivity contribution in [2.24, 2.45) is 0 Å². The highest BCUT2D eigenvalue weighted by molar-refractivity contribution is 6.16. The summed E-state index contributed by atoms with van der Waals surface area (Å²) in [7, 11) is 0. The molecule has 3 aromatic heterocycles. The minimum Gasteiger partial charge on any atom is -0.309 e. The monoisotopic (exact) mass is 561 g/mol. The highest BCUT2D eigenvalue weighted by atomic mass is 15.0. The van der Waals surface area contributed by atoms with Gasteiger partial charge in [0.1, 0.15) is 0 Å². The SMILES string of the molecule is c1ccc(-c2ccc(-n3c4ccccc4c4ccc(-c5nccc6c5c5ccccc5n6-c5ccccc5)cc43)cc2)cc1. The van der Waals surface area contributed by atoms with Crippen LogP contribution in [0.25, 0.3) is 77.4 Å². The van der Waals surface area contributed by atoms with E-state index in [2.05, 4.69) is 167 Å². The zero-order chi connectivity index (χ0) is 29.0. The Morgan fingerprint density at radius 3 is 1.68 bits per heavy atom. The van der Waals surface area contributed by atoms with E-state index in [1.54, 1.807) is 0 Å². The van der Waals surface area contributed by atoms with Gasteiger partial charge in [0.15, 0.2) is 0 Å². The van der Waals surface area contributed by atoms with Gasteiger partial charge in [-0.25, -0.2) is 0 Å². The molecule has 0 amide bonds. The van der Waals surface area contributed by atoms with Crippen LogP contribution in [-0.2, 0) is 0 Å². The van der Waals surface area contributed by atoms with Crippen molar-refractivity contribution < 1.29 is 0 Å². The van der Waals surface area contributed by atoms with Gasteiger partial charge < -0.3 is 9.13 Å². The van der Waals surface area contributed by atoms with Gasteiger partial charge in [-0.3, -0.25) is 4.98 Å². The van der Waals surface area contributed by atoms with Gasteiger partial charge in [0.25, 0.3) is 0 Å². The first-order valence-corrected chi connectivity index (χ1v) is 15.0. The average Bonchev–Trinajstić information content (AvgIpc) is 3.62. The first-order chi connectivity index (χ1) is 21.8. The van der Waals surface area contributed by atoms with Gasteiger partial charge in [-0.2, -0.15) is 0 Å². The summed E-state index contributed by atoms with van der Waals surface area (Å²) in [6, 6.07) is 56.3. The number of hydrogen-bond donors (Lipinski definition) is 0. The summed E-state index contributed by atoms with van der Waals surface area (Å²) >= 11 is 0. The summed E-state index contributed by atoms with van der Waals surface area (Å²) in [5.41, 5.74) is 11.5. The number of benzene rings is 6. The van der Waals surface area contributed by atoms with Crippen molar-refractivity contribution in [3.63, 3.8) is 0 Å². The van der Waals surface area contributed by atoms with Crippen LogP contribution in [0, 0.1) is 0 Å². The molecule has 0 aliphatic rings. The van der Waals surface area contributed by atoms with Crippen molar-refractivity contribution in [2.75, 3.05) is 0 Å². The van der Waals surface area contributed by atoms with Gasteiger partial charge in [0.2, 0.25) is 0 Å². The number of para-hydroxylation sites is 3. The molecule has 0 fully saturated rings.